The number of carbonyl (C=O) groups excluding carboxylic acids is 2. The van der Waals surface area contributed by atoms with Gasteiger partial charge in [0.05, 0.1) is 28.5 Å². The van der Waals surface area contributed by atoms with Gasteiger partial charge in [0.1, 0.15) is 0 Å². The van der Waals surface area contributed by atoms with E-state index in [-0.39, 0.29) is 17.8 Å². The lowest BCUT2D eigenvalue weighted by Crippen LogP contribution is -2.29. The molecule has 1 amide bonds. The summed E-state index contributed by atoms with van der Waals surface area (Å²) in [6.07, 6.45) is 0.772. The fourth-order valence-corrected chi connectivity index (χ4v) is 2.93. The van der Waals surface area contributed by atoms with Crippen molar-refractivity contribution in [2.45, 2.75) is 19.9 Å². The predicted molar refractivity (Wildman–Crippen MR) is 73.4 cm³/mol. The van der Waals surface area contributed by atoms with Crippen molar-refractivity contribution in [3.05, 3.63) is 45.4 Å². The number of ketones is 1. The highest BCUT2D eigenvalue weighted by molar-refractivity contribution is 7.09. The zero-order chi connectivity index (χ0) is 15.1. The van der Waals surface area contributed by atoms with Gasteiger partial charge in [-0.25, -0.2) is 13.8 Å². The molecule has 4 nitrogen and oxygen atoms in total. The van der Waals surface area contributed by atoms with Gasteiger partial charge in [-0.05, 0) is 12.5 Å². The van der Waals surface area contributed by atoms with Crippen LogP contribution in [0.1, 0.15) is 28.0 Å². The molecule has 0 fully saturated rings. The first-order valence-corrected chi connectivity index (χ1v) is 7.17. The first-order valence-electron chi connectivity index (χ1n) is 6.29. The second-order valence-electron chi connectivity index (χ2n) is 4.59. The lowest BCUT2D eigenvalue weighted by Gasteiger charge is -2.15. The molecular formula is C14H10F2N2O2S. The minimum Gasteiger partial charge on any atom is -0.299 e. The van der Waals surface area contributed by atoms with Crippen LogP contribution in [-0.4, -0.2) is 16.7 Å². The third-order valence-corrected chi connectivity index (χ3v) is 4.28. The second-order valence-corrected chi connectivity index (χ2v) is 5.53. The molecule has 3 rings (SSSR count). The van der Waals surface area contributed by atoms with Crippen molar-refractivity contribution in [3.63, 3.8) is 0 Å². The monoisotopic (exact) mass is 308 g/mol. The van der Waals surface area contributed by atoms with E-state index in [9.17, 15) is 18.4 Å². The molecule has 0 saturated carbocycles. The van der Waals surface area contributed by atoms with Crippen molar-refractivity contribution in [3.8, 4) is 0 Å². The summed E-state index contributed by atoms with van der Waals surface area (Å²) in [7, 11) is 0. The molecule has 7 heteroatoms. The Morgan fingerprint density at radius 2 is 1.95 bits per heavy atom. The zero-order valence-corrected chi connectivity index (χ0v) is 11.8. The number of amides is 1. The molecule has 0 aliphatic carbocycles. The number of hydrogen-bond acceptors (Lipinski definition) is 4. The first-order chi connectivity index (χ1) is 10.0. The van der Waals surface area contributed by atoms with Crippen LogP contribution >= 0.6 is 11.3 Å². The summed E-state index contributed by atoms with van der Waals surface area (Å²) in [5.74, 6) is -3.84. The first kappa shape index (κ1) is 13.8. The third kappa shape index (κ3) is 2.23. The van der Waals surface area contributed by atoms with Crippen LogP contribution in [0.5, 0.6) is 0 Å². The van der Waals surface area contributed by atoms with Gasteiger partial charge in [-0.1, -0.05) is 6.92 Å². The molecule has 108 valence electrons. The number of hydrogen-bond donors (Lipinski definition) is 0. The van der Waals surface area contributed by atoms with Gasteiger partial charge < -0.3 is 0 Å². The maximum Gasteiger partial charge on any atom is 0.299 e. The number of carbonyl (C=O) groups is 2. The average Bonchev–Trinajstić information content (AvgIpc) is 3.01. The van der Waals surface area contributed by atoms with Gasteiger partial charge in [0.2, 0.25) is 0 Å². The molecule has 1 aromatic carbocycles. The molecule has 2 heterocycles. The summed E-state index contributed by atoms with van der Waals surface area (Å²) < 4.78 is 26.6. The van der Waals surface area contributed by atoms with E-state index in [1.807, 2.05) is 6.92 Å². The fraction of sp³-hybridized carbons (Fsp3) is 0.214. The minimum absolute atomic E-state index is 0.0686. The molecule has 0 spiro atoms. The van der Waals surface area contributed by atoms with Gasteiger partial charge in [0.15, 0.2) is 11.6 Å². The van der Waals surface area contributed by atoms with E-state index in [0.717, 1.165) is 28.5 Å². The molecule has 0 atom stereocenters. The van der Waals surface area contributed by atoms with Crippen molar-refractivity contribution in [1.29, 1.82) is 0 Å². The number of thiazole rings is 1. The number of anilines is 1. The van der Waals surface area contributed by atoms with Crippen LogP contribution in [0.2, 0.25) is 0 Å². The molecule has 21 heavy (non-hydrogen) atoms. The summed E-state index contributed by atoms with van der Waals surface area (Å²) >= 11 is 1.45. The molecule has 0 N–H and O–H groups in total. The number of fused-ring (bicyclic) bond motifs is 1. The molecular weight excluding hydrogens is 298 g/mol. The second kappa shape index (κ2) is 5.00. The predicted octanol–water partition coefficient (Wildman–Crippen LogP) is 2.71. The van der Waals surface area contributed by atoms with Crippen LogP contribution in [0.4, 0.5) is 14.5 Å². The maximum absolute atomic E-state index is 13.4. The van der Waals surface area contributed by atoms with Gasteiger partial charge >= 0.3 is 0 Å². The van der Waals surface area contributed by atoms with E-state index in [4.69, 9.17) is 0 Å². The van der Waals surface area contributed by atoms with Crippen molar-refractivity contribution < 1.29 is 18.4 Å². The Balaban J connectivity index is 1.99. The normalized spacial score (nSPS) is 14.0. The molecule has 1 aliphatic heterocycles. The lowest BCUT2D eigenvalue weighted by molar-refractivity contribution is -0.114. The molecule has 0 saturated heterocycles. The zero-order valence-electron chi connectivity index (χ0n) is 11.0. The van der Waals surface area contributed by atoms with Gasteiger partial charge in [0, 0.05) is 11.4 Å². The molecule has 0 bridgehead atoms. The average molecular weight is 308 g/mol. The molecule has 1 aromatic heterocycles. The van der Waals surface area contributed by atoms with Gasteiger partial charge in [-0.3, -0.25) is 14.5 Å². The van der Waals surface area contributed by atoms with Crippen molar-refractivity contribution in [1.82, 2.24) is 4.98 Å². The largest absolute Gasteiger partial charge is 0.299 e. The lowest BCUT2D eigenvalue weighted by atomic mass is 10.1. The quantitative estimate of drug-likeness (QED) is 0.819. The summed E-state index contributed by atoms with van der Waals surface area (Å²) in [6.45, 7) is 2.03. The number of aryl methyl sites for hydroxylation is 1. The van der Waals surface area contributed by atoms with E-state index < -0.39 is 23.3 Å². The number of halogens is 2. The van der Waals surface area contributed by atoms with E-state index in [0.29, 0.717) is 5.69 Å². The molecule has 2 aromatic rings. The van der Waals surface area contributed by atoms with Crippen molar-refractivity contribution in [2.24, 2.45) is 0 Å². The van der Waals surface area contributed by atoms with Crippen LogP contribution in [0.3, 0.4) is 0 Å². The Hall–Kier alpha value is -2.15. The maximum atomic E-state index is 13.4. The number of aromatic nitrogens is 1. The van der Waals surface area contributed by atoms with E-state index in [1.54, 1.807) is 5.38 Å². The van der Waals surface area contributed by atoms with Crippen LogP contribution in [0.25, 0.3) is 0 Å². The highest BCUT2D eigenvalue weighted by Crippen LogP contribution is 2.32. The number of nitrogens with zero attached hydrogens (tertiary/aromatic N) is 2. The van der Waals surface area contributed by atoms with Crippen LogP contribution in [0.15, 0.2) is 17.5 Å². The Kier molecular flexibility index (Phi) is 3.29. The van der Waals surface area contributed by atoms with Gasteiger partial charge in [-0.15, -0.1) is 11.3 Å². The Morgan fingerprint density at radius 1 is 1.24 bits per heavy atom. The van der Waals surface area contributed by atoms with E-state index in [1.165, 1.54) is 11.3 Å². The fourth-order valence-electron chi connectivity index (χ4n) is 2.19. The van der Waals surface area contributed by atoms with Crippen LogP contribution < -0.4 is 4.90 Å². The summed E-state index contributed by atoms with van der Waals surface area (Å²) in [5.41, 5.74) is 0.607. The van der Waals surface area contributed by atoms with Crippen molar-refractivity contribution in [2.75, 3.05) is 4.90 Å². The SMILES string of the molecule is CCc1nc(CN2C(=O)C(=O)c3cc(F)c(F)cc32)cs1. The number of Topliss-reactive ketones (excluding diaryl/α,β-unsaturated/α-hetero) is 1. The Morgan fingerprint density at radius 3 is 2.62 bits per heavy atom. The van der Waals surface area contributed by atoms with Gasteiger partial charge in [0.25, 0.3) is 11.7 Å². The van der Waals surface area contributed by atoms with E-state index in [2.05, 4.69) is 4.98 Å². The standard InChI is InChI=1S/C14H10F2N2O2S/c1-2-12-17-7(6-21-12)5-18-11-4-10(16)9(15)3-8(11)13(19)14(18)20/h3-4,6H,2,5H2,1H3. The number of benzene rings is 1. The molecule has 1 aliphatic rings. The highest BCUT2D eigenvalue weighted by Gasteiger charge is 2.37. The molecule has 0 radical (unpaired) electrons. The summed E-state index contributed by atoms with van der Waals surface area (Å²) in [5, 5.41) is 2.70. The summed E-state index contributed by atoms with van der Waals surface area (Å²) in [6, 6.07) is 1.64. The van der Waals surface area contributed by atoms with Crippen LogP contribution in [0, 0.1) is 11.6 Å². The smallest absolute Gasteiger partial charge is 0.299 e. The van der Waals surface area contributed by atoms with Crippen molar-refractivity contribution >= 4 is 28.7 Å². The van der Waals surface area contributed by atoms with Gasteiger partial charge in [-0.2, -0.15) is 0 Å². The summed E-state index contributed by atoms with van der Waals surface area (Å²) in [4.78, 5) is 29.2. The Labute approximate surface area is 123 Å². The van der Waals surface area contributed by atoms with E-state index >= 15 is 0 Å². The molecule has 0 unspecified atom stereocenters. The highest BCUT2D eigenvalue weighted by atomic mass is 32.1. The topological polar surface area (TPSA) is 50.3 Å². The van der Waals surface area contributed by atoms with Crippen LogP contribution in [-0.2, 0) is 17.8 Å². The minimum atomic E-state index is -1.14. The number of rotatable bonds is 3. The third-order valence-electron chi connectivity index (χ3n) is 3.24. The Bertz CT molecular complexity index is 757.